The first-order chi connectivity index (χ1) is 12.0. The molecule has 0 aromatic heterocycles. The van der Waals surface area contributed by atoms with E-state index in [9.17, 15) is 9.59 Å². The molecule has 2 aromatic rings. The summed E-state index contributed by atoms with van der Waals surface area (Å²) in [5.41, 5.74) is 2.26. The summed E-state index contributed by atoms with van der Waals surface area (Å²) >= 11 is 0. The van der Waals surface area contributed by atoms with Gasteiger partial charge in [-0.1, -0.05) is 17.7 Å². The van der Waals surface area contributed by atoms with Gasteiger partial charge in [-0.2, -0.15) is 0 Å². The van der Waals surface area contributed by atoms with Crippen molar-refractivity contribution < 1.29 is 19.1 Å². The highest BCUT2D eigenvalue weighted by molar-refractivity contribution is 5.98. The smallest absolute Gasteiger partial charge is 0.262 e. The van der Waals surface area contributed by atoms with E-state index in [0.717, 1.165) is 5.75 Å². The van der Waals surface area contributed by atoms with Crippen LogP contribution in [0.1, 0.15) is 15.9 Å². The SMILES string of the molecule is Cc1ccc(OCCN(C)C(=O)c2ccc3c(c2)OCC(=O)N3)cc1. The number of fused-ring (bicyclic) bond motifs is 1. The summed E-state index contributed by atoms with van der Waals surface area (Å²) in [7, 11) is 1.73. The van der Waals surface area contributed by atoms with Gasteiger partial charge in [-0.15, -0.1) is 0 Å². The molecule has 0 saturated carbocycles. The zero-order chi connectivity index (χ0) is 17.8. The molecule has 6 nitrogen and oxygen atoms in total. The van der Waals surface area contributed by atoms with Crippen LogP contribution < -0.4 is 14.8 Å². The lowest BCUT2D eigenvalue weighted by Gasteiger charge is -2.21. The first-order valence-electron chi connectivity index (χ1n) is 8.04. The third-order valence-electron chi connectivity index (χ3n) is 3.92. The molecule has 0 fully saturated rings. The largest absolute Gasteiger partial charge is 0.492 e. The maximum Gasteiger partial charge on any atom is 0.262 e. The zero-order valence-corrected chi connectivity index (χ0v) is 14.2. The Labute approximate surface area is 146 Å². The van der Waals surface area contributed by atoms with Gasteiger partial charge >= 0.3 is 0 Å². The minimum Gasteiger partial charge on any atom is -0.492 e. The van der Waals surface area contributed by atoms with Crippen LogP contribution in [0.2, 0.25) is 0 Å². The maximum absolute atomic E-state index is 12.5. The van der Waals surface area contributed by atoms with Crippen molar-refractivity contribution in [1.29, 1.82) is 0 Å². The van der Waals surface area contributed by atoms with E-state index >= 15 is 0 Å². The van der Waals surface area contributed by atoms with Gasteiger partial charge in [0.25, 0.3) is 11.8 Å². The molecule has 0 aliphatic carbocycles. The lowest BCUT2D eigenvalue weighted by Crippen LogP contribution is -2.31. The van der Waals surface area contributed by atoms with Gasteiger partial charge in [-0.3, -0.25) is 9.59 Å². The second-order valence-corrected chi connectivity index (χ2v) is 5.94. The third-order valence-corrected chi connectivity index (χ3v) is 3.92. The fourth-order valence-electron chi connectivity index (χ4n) is 2.46. The number of carbonyl (C=O) groups excluding carboxylic acids is 2. The number of ether oxygens (including phenoxy) is 2. The Hall–Kier alpha value is -3.02. The quantitative estimate of drug-likeness (QED) is 0.908. The van der Waals surface area contributed by atoms with E-state index in [0.29, 0.717) is 30.2 Å². The zero-order valence-electron chi connectivity index (χ0n) is 14.2. The predicted octanol–water partition coefficient (Wildman–Crippen LogP) is 2.48. The number of aryl methyl sites for hydroxylation is 1. The number of carbonyl (C=O) groups is 2. The number of nitrogens with zero attached hydrogens (tertiary/aromatic N) is 1. The summed E-state index contributed by atoms with van der Waals surface area (Å²) in [6, 6.07) is 12.8. The number of hydrogen-bond donors (Lipinski definition) is 1. The topological polar surface area (TPSA) is 67.9 Å². The molecule has 0 radical (unpaired) electrons. The standard InChI is InChI=1S/C19H20N2O4/c1-13-3-6-15(7-4-13)24-10-9-21(2)19(23)14-5-8-16-17(11-14)25-12-18(22)20-16/h3-8,11H,9-10,12H2,1-2H3,(H,20,22). The van der Waals surface area contributed by atoms with Gasteiger partial charge in [0.2, 0.25) is 0 Å². The van der Waals surface area contributed by atoms with Gasteiger partial charge in [0.1, 0.15) is 18.1 Å². The van der Waals surface area contributed by atoms with Crippen molar-refractivity contribution in [3.63, 3.8) is 0 Å². The summed E-state index contributed by atoms with van der Waals surface area (Å²) < 4.78 is 11.0. The van der Waals surface area contributed by atoms with E-state index in [1.165, 1.54) is 5.56 Å². The monoisotopic (exact) mass is 340 g/mol. The lowest BCUT2D eigenvalue weighted by atomic mass is 10.1. The Bertz CT molecular complexity index is 787. The molecule has 6 heteroatoms. The van der Waals surface area contributed by atoms with Crippen LogP contribution in [0.3, 0.4) is 0 Å². The van der Waals surface area contributed by atoms with E-state index in [1.807, 2.05) is 31.2 Å². The summed E-state index contributed by atoms with van der Waals surface area (Å²) in [6.45, 7) is 2.85. The van der Waals surface area contributed by atoms with Crippen LogP contribution in [-0.2, 0) is 4.79 Å². The van der Waals surface area contributed by atoms with Crippen molar-refractivity contribution >= 4 is 17.5 Å². The Morgan fingerprint density at radius 3 is 2.76 bits per heavy atom. The molecular formula is C19H20N2O4. The third kappa shape index (κ3) is 4.09. The van der Waals surface area contributed by atoms with Crippen molar-refractivity contribution in [2.24, 2.45) is 0 Å². The molecular weight excluding hydrogens is 320 g/mol. The second kappa shape index (κ2) is 7.25. The van der Waals surface area contributed by atoms with E-state index in [-0.39, 0.29) is 18.4 Å². The molecule has 2 aromatic carbocycles. The Balaban J connectivity index is 1.57. The summed E-state index contributed by atoms with van der Waals surface area (Å²) in [5, 5.41) is 2.70. The second-order valence-electron chi connectivity index (χ2n) is 5.94. The Morgan fingerprint density at radius 1 is 1.24 bits per heavy atom. The van der Waals surface area contributed by atoms with Gasteiger partial charge in [-0.05, 0) is 37.3 Å². The van der Waals surface area contributed by atoms with E-state index in [4.69, 9.17) is 9.47 Å². The van der Waals surface area contributed by atoms with Crippen molar-refractivity contribution in [2.75, 3.05) is 32.1 Å². The number of nitrogens with one attached hydrogen (secondary N) is 1. The average molecular weight is 340 g/mol. The molecule has 3 rings (SSSR count). The first-order valence-corrected chi connectivity index (χ1v) is 8.04. The van der Waals surface area contributed by atoms with E-state index in [2.05, 4.69) is 5.32 Å². The highest BCUT2D eigenvalue weighted by Gasteiger charge is 2.19. The fourth-order valence-corrected chi connectivity index (χ4v) is 2.46. The predicted molar refractivity (Wildman–Crippen MR) is 94.2 cm³/mol. The minimum atomic E-state index is -0.197. The molecule has 1 N–H and O–H groups in total. The number of hydrogen-bond acceptors (Lipinski definition) is 4. The lowest BCUT2D eigenvalue weighted by molar-refractivity contribution is -0.118. The van der Waals surface area contributed by atoms with Crippen molar-refractivity contribution in [3.05, 3.63) is 53.6 Å². The normalized spacial score (nSPS) is 12.6. The van der Waals surface area contributed by atoms with Crippen LogP contribution in [0.4, 0.5) is 5.69 Å². The molecule has 1 aliphatic rings. The van der Waals surface area contributed by atoms with Crippen LogP contribution in [0.15, 0.2) is 42.5 Å². The van der Waals surface area contributed by atoms with Gasteiger partial charge in [-0.25, -0.2) is 0 Å². The van der Waals surface area contributed by atoms with E-state index in [1.54, 1.807) is 30.1 Å². The molecule has 0 bridgehead atoms. The van der Waals surface area contributed by atoms with Gasteiger partial charge < -0.3 is 19.7 Å². The Kier molecular flexibility index (Phi) is 4.88. The number of amides is 2. The van der Waals surface area contributed by atoms with Crippen LogP contribution in [0.5, 0.6) is 11.5 Å². The molecule has 130 valence electrons. The van der Waals surface area contributed by atoms with Crippen LogP contribution in [-0.4, -0.2) is 43.5 Å². The number of likely N-dealkylation sites (N-methyl/N-ethyl adjacent to an activating group) is 1. The molecule has 0 saturated heterocycles. The van der Waals surface area contributed by atoms with Gasteiger partial charge in [0.05, 0.1) is 12.2 Å². The highest BCUT2D eigenvalue weighted by Crippen LogP contribution is 2.28. The van der Waals surface area contributed by atoms with Crippen LogP contribution in [0, 0.1) is 6.92 Å². The van der Waals surface area contributed by atoms with Crippen molar-refractivity contribution in [2.45, 2.75) is 6.92 Å². The average Bonchev–Trinajstić information content (AvgIpc) is 2.62. The first kappa shape index (κ1) is 16.8. The van der Waals surface area contributed by atoms with Gasteiger partial charge in [0.15, 0.2) is 6.61 Å². The summed E-state index contributed by atoms with van der Waals surface area (Å²) in [5.74, 6) is 0.965. The van der Waals surface area contributed by atoms with Crippen molar-refractivity contribution in [1.82, 2.24) is 4.90 Å². The summed E-state index contributed by atoms with van der Waals surface area (Å²) in [4.78, 5) is 25.4. The summed E-state index contributed by atoms with van der Waals surface area (Å²) in [6.07, 6.45) is 0. The van der Waals surface area contributed by atoms with E-state index < -0.39 is 0 Å². The molecule has 2 amide bonds. The number of benzene rings is 2. The maximum atomic E-state index is 12.5. The molecule has 1 heterocycles. The van der Waals surface area contributed by atoms with Crippen molar-refractivity contribution in [3.8, 4) is 11.5 Å². The molecule has 1 aliphatic heterocycles. The molecule has 25 heavy (non-hydrogen) atoms. The molecule has 0 atom stereocenters. The minimum absolute atomic E-state index is 0.0368. The van der Waals surface area contributed by atoms with Gasteiger partial charge in [0, 0.05) is 12.6 Å². The molecule has 0 spiro atoms. The number of anilines is 1. The fraction of sp³-hybridized carbons (Fsp3) is 0.263. The molecule has 0 unspecified atom stereocenters. The van der Waals surface area contributed by atoms with Crippen LogP contribution >= 0.6 is 0 Å². The van der Waals surface area contributed by atoms with Crippen LogP contribution in [0.25, 0.3) is 0 Å². The highest BCUT2D eigenvalue weighted by atomic mass is 16.5. The Morgan fingerprint density at radius 2 is 2.00 bits per heavy atom. The number of rotatable bonds is 5.